The summed E-state index contributed by atoms with van der Waals surface area (Å²) in [6.45, 7) is 2.34. The number of hydrazine groups is 1. The number of hydrogen-bond acceptors (Lipinski definition) is 4. The molecule has 0 aliphatic rings. The number of carbonyl (C=O) groups is 1. The molecule has 1 aromatic carbocycles. The normalized spacial score (nSPS) is 10.1. The van der Waals surface area contributed by atoms with Crippen LogP contribution in [0.3, 0.4) is 0 Å². The van der Waals surface area contributed by atoms with E-state index in [4.69, 9.17) is 15.3 Å². The monoisotopic (exact) mass is 238 g/mol. The van der Waals surface area contributed by atoms with Crippen molar-refractivity contribution in [3.05, 3.63) is 29.3 Å². The highest BCUT2D eigenvalue weighted by Crippen LogP contribution is 2.20. The van der Waals surface area contributed by atoms with Crippen LogP contribution in [0.15, 0.2) is 18.2 Å². The number of benzene rings is 1. The number of rotatable bonds is 6. The van der Waals surface area contributed by atoms with Crippen molar-refractivity contribution in [1.82, 2.24) is 5.43 Å². The summed E-state index contributed by atoms with van der Waals surface area (Å²) in [6.07, 6.45) is 0.945. The van der Waals surface area contributed by atoms with Gasteiger partial charge in [-0.25, -0.2) is 5.84 Å². The molecule has 0 radical (unpaired) electrons. The summed E-state index contributed by atoms with van der Waals surface area (Å²) in [5.74, 6) is 5.36. The Hall–Kier alpha value is -1.59. The third-order valence-electron chi connectivity index (χ3n) is 2.40. The van der Waals surface area contributed by atoms with Gasteiger partial charge in [-0.1, -0.05) is 13.0 Å². The van der Waals surface area contributed by atoms with Crippen LogP contribution in [-0.4, -0.2) is 19.6 Å². The van der Waals surface area contributed by atoms with Gasteiger partial charge in [-0.15, -0.1) is 0 Å². The number of nitrogens with two attached hydrogens (primary N) is 1. The zero-order chi connectivity index (χ0) is 12.7. The number of hydrogen-bond donors (Lipinski definition) is 2. The molecule has 1 amide bonds. The second-order valence-corrected chi connectivity index (χ2v) is 3.56. The summed E-state index contributed by atoms with van der Waals surface area (Å²) in [6, 6.07) is 5.93. The first-order chi connectivity index (χ1) is 8.21. The van der Waals surface area contributed by atoms with Crippen molar-refractivity contribution >= 4 is 5.91 Å². The van der Waals surface area contributed by atoms with E-state index in [0.717, 1.165) is 17.7 Å². The first-order valence-electron chi connectivity index (χ1n) is 5.44. The minimum Gasteiger partial charge on any atom is -0.496 e. The summed E-state index contributed by atoms with van der Waals surface area (Å²) in [4.78, 5) is 10.9. The number of aryl methyl sites for hydroxylation is 1. The van der Waals surface area contributed by atoms with Gasteiger partial charge < -0.3 is 9.47 Å². The Kier molecular flexibility index (Phi) is 5.45. The molecular weight excluding hydrogens is 220 g/mol. The van der Waals surface area contributed by atoms with Crippen LogP contribution in [0.4, 0.5) is 0 Å². The lowest BCUT2D eigenvalue weighted by Crippen LogP contribution is -2.33. The van der Waals surface area contributed by atoms with Gasteiger partial charge in [-0.05, 0) is 24.1 Å². The van der Waals surface area contributed by atoms with Crippen molar-refractivity contribution in [1.29, 1.82) is 0 Å². The molecule has 0 bridgehead atoms. The summed E-state index contributed by atoms with van der Waals surface area (Å²) in [5, 5.41) is 0. The second kappa shape index (κ2) is 6.88. The topological polar surface area (TPSA) is 73.6 Å². The molecule has 0 atom stereocenters. The molecule has 0 heterocycles. The first-order valence-corrected chi connectivity index (χ1v) is 5.44. The molecule has 0 aromatic heterocycles. The van der Waals surface area contributed by atoms with Gasteiger partial charge in [0.2, 0.25) is 0 Å². The molecule has 1 rings (SSSR count). The first kappa shape index (κ1) is 13.5. The molecule has 0 fully saturated rings. The Morgan fingerprint density at radius 1 is 1.47 bits per heavy atom. The highest BCUT2D eigenvalue weighted by atomic mass is 16.5. The van der Waals surface area contributed by atoms with E-state index < -0.39 is 0 Å². The van der Waals surface area contributed by atoms with Gasteiger partial charge in [0.25, 0.3) is 5.91 Å². The smallest absolute Gasteiger partial charge is 0.259 e. The molecule has 17 heavy (non-hydrogen) atoms. The molecule has 0 unspecified atom stereocenters. The van der Waals surface area contributed by atoms with E-state index in [-0.39, 0.29) is 12.5 Å². The highest BCUT2D eigenvalue weighted by molar-refractivity contribution is 5.76. The van der Waals surface area contributed by atoms with Gasteiger partial charge in [-0.2, -0.15) is 0 Å². The Morgan fingerprint density at radius 3 is 2.82 bits per heavy atom. The van der Waals surface area contributed by atoms with Gasteiger partial charge in [0, 0.05) is 5.56 Å². The van der Waals surface area contributed by atoms with E-state index >= 15 is 0 Å². The fourth-order valence-corrected chi connectivity index (χ4v) is 1.46. The van der Waals surface area contributed by atoms with E-state index in [2.05, 4.69) is 6.92 Å². The molecular formula is C12H18N2O3. The summed E-state index contributed by atoms with van der Waals surface area (Å²) in [7, 11) is 1.61. The van der Waals surface area contributed by atoms with Crippen molar-refractivity contribution in [3.8, 4) is 5.75 Å². The van der Waals surface area contributed by atoms with Crippen LogP contribution in [0.5, 0.6) is 5.75 Å². The maximum Gasteiger partial charge on any atom is 0.259 e. The van der Waals surface area contributed by atoms with Gasteiger partial charge in [0.15, 0.2) is 0 Å². The number of nitrogens with one attached hydrogen (secondary N) is 1. The van der Waals surface area contributed by atoms with E-state index in [9.17, 15) is 4.79 Å². The molecule has 0 saturated heterocycles. The average Bonchev–Trinajstić information content (AvgIpc) is 2.38. The second-order valence-electron chi connectivity index (χ2n) is 3.56. The van der Waals surface area contributed by atoms with Crippen LogP contribution in [0, 0.1) is 0 Å². The minimum absolute atomic E-state index is 0.0595. The van der Waals surface area contributed by atoms with Crippen LogP contribution >= 0.6 is 0 Å². The fraction of sp³-hybridized carbons (Fsp3) is 0.417. The lowest BCUT2D eigenvalue weighted by atomic mass is 10.1. The largest absolute Gasteiger partial charge is 0.496 e. The van der Waals surface area contributed by atoms with Gasteiger partial charge in [-0.3, -0.25) is 10.2 Å². The highest BCUT2D eigenvalue weighted by Gasteiger charge is 2.05. The van der Waals surface area contributed by atoms with Gasteiger partial charge in [0.1, 0.15) is 12.4 Å². The zero-order valence-electron chi connectivity index (χ0n) is 10.2. The molecule has 0 saturated carbocycles. The average molecular weight is 238 g/mol. The van der Waals surface area contributed by atoms with E-state index in [1.54, 1.807) is 7.11 Å². The summed E-state index contributed by atoms with van der Waals surface area (Å²) in [5.41, 5.74) is 4.14. The van der Waals surface area contributed by atoms with Crippen LogP contribution in [-0.2, 0) is 22.6 Å². The number of methoxy groups -OCH3 is 1. The van der Waals surface area contributed by atoms with Crippen molar-refractivity contribution < 1.29 is 14.3 Å². The van der Waals surface area contributed by atoms with Gasteiger partial charge in [0.05, 0.1) is 13.7 Å². The molecule has 5 nitrogen and oxygen atoms in total. The standard InChI is InChI=1S/C12H18N2O3/c1-3-9-4-5-11(16-2)10(6-9)7-17-8-12(15)14-13/h4-6H,3,7-8,13H2,1-2H3,(H,14,15). The van der Waals surface area contributed by atoms with Crippen molar-refractivity contribution in [2.24, 2.45) is 5.84 Å². The van der Waals surface area contributed by atoms with Crippen molar-refractivity contribution in [2.75, 3.05) is 13.7 Å². The molecule has 0 spiro atoms. The van der Waals surface area contributed by atoms with Crippen LogP contribution in [0.25, 0.3) is 0 Å². The SMILES string of the molecule is CCc1ccc(OC)c(COCC(=O)NN)c1. The van der Waals surface area contributed by atoms with Crippen LogP contribution in [0.1, 0.15) is 18.1 Å². The molecule has 0 aliphatic heterocycles. The number of ether oxygens (including phenoxy) is 2. The molecule has 0 aliphatic carbocycles. The van der Waals surface area contributed by atoms with E-state index in [0.29, 0.717) is 6.61 Å². The maximum atomic E-state index is 10.9. The zero-order valence-corrected chi connectivity index (χ0v) is 10.2. The van der Waals surface area contributed by atoms with Crippen LogP contribution < -0.4 is 16.0 Å². The fourth-order valence-electron chi connectivity index (χ4n) is 1.46. The van der Waals surface area contributed by atoms with E-state index in [1.807, 2.05) is 23.6 Å². The third-order valence-corrected chi connectivity index (χ3v) is 2.40. The van der Waals surface area contributed by atoms with E-state index in [1.165, 1.54) is 5.56 Å². The Bertz CT molecular complexity index is 380. The number of amides is 1. The summed E-state index contributed by atoms with van der Waals surface area (Å²) < 4.78 is 10.5. The summed E-state index contributed by atoms with van der Waals surface area (Å²) >= 11 is 0. The quantitative estimate of drug-likeness (QED) is 0.436. The predicted molar refractivity (Wildman–Crippen MR) is 64.4 cm³/mol. The Balaban J connectivity index is 2.64. The third kappa shape index (κ3) is 4.05. The van der Waals surface area contributed by atoms with Crippen molar-refractivity contribution in [3.63, 3.8) is 0 Å². The lowest BCUT2D eigenvalue weighted by Gasteiger charge is -2.10. The molecule has 3 N–H and O–H groups in total. The Labute approximate surface area is 101 Å². The van der Waals surface area contributed by atoms with Crippen LogP contribution in [0.2, 0.25) is 0 Å². The van der Waals surface area contributed by atoms with Gasteiger partial charge >= 0.3 is 0 Å². The minimum atomic E-state index is -0.351. The Morgan fingerprint density at radius 2 is 2.24 bits per heavy atom. The molecule has 1 aromatic rings. The van der Waals surface area contributed by atoms with Crippen molar-refractivity contribution in [2.45, 2.75) is 20.0 Å². The molecule has 94 valence electrons. The number of carbonyl (C=O) groups excluding carboxylic acids is 1. The lowest BCUT2D eigenvalue weighted by molar-refractivity contribution is -0.126. The molecule has 5 heteroatoms. The maximum absolute atomic E-state index is 10.9. The predicted octanol–water partition coefficient (Wildman–Crippen LogP) is 0.764.